The molecular formula is C71H52N4Si. The van der Waals surface area contributed by atoms with Gasteiger partial charge in [0.15, 0.2) is 25.5 Å². The van der Waals surface area contributed by atoms with Crippen molar-refractivity contribution in [2.75, 3.05) is 0 Å². The van der Waals surface area contributed by atoms with Gasteiger partial charge in [-0.15, -0.1) is 0 Å². The fourth-order valence-corrected chi connectivity index (χ4v) is 16.2. The molecule has 0 bridgehead atoms. The second kappa shape index (κ2) is 19.7. The Balaban J connectivity index is 1.13. The van der Waals surface area contributed by atoms with Gasteiger partial charge in [-0.2, -0.15) is 0 Å². The summed E-state index contributed by atoms with van der Waals surface area (Å²) in [5, 5.41) is 7.63. The molecule has 13 rings (SSSR count). The first-order valence-electron chi connectivity index (χ1n) is 26.0. The number of fused-ring (bicyclic) bond motifs is 3. The molecule has 0 aliphatic rings. The highest BCUT2D eigenvalue weighted by atomic mass is 28.3. The van der Waals surface area contributed by atoms with Gasteiger partial charge < -0.3 is 4.57 Å². The zero-order valence-electron chi connectivity index (χ0n) is 42.3. The van der Waals surface area contributed by atoms with Gasteiger partial charge in [-0.05, 0) is 91.7 Å². The summed E-state index contributed by atoms with van der Waals surface area (Å²) >= 11 is 0. The lowest BCUT2D eigenvalue weighted by Crippen LogP contribution is -2.74. The minimum Gasteiger partial charge on any atom is -0.309 e. The van der Waals surface area contributed by atoms with Crippen LogP contribution >= 0.6 is 0 Å². The zero-order chi connectivity index (χ0) is 51.0. The van der Waals surface area contributed by atoms with Gasteiger partial charge in [0.05, 0.1) is 16.7 Å². The van der Waals surface area contributed by atoms with Crippen molar-refractivity contribution in [1.82, 2.24) is 19.5 Å². The fourth-order valence-electron chi connectivity index (χ4n) is 11.4. The van der Waals surface area contributed by atoms with Crippen molar-refractivity contribution >= 4 is 50.6 Å². The minimum absolute atomic E-state index is 0.597. The molecule has 360 valence electrons. The SMILES string of the molecule is Cc1ccccc1-c1ccc2c3ccc(-c4ccccc4C)cc3n(-c3cc(-c4nc(-c5ccccc5)nc(-c5ccccc5)n4)ccc3-c3cccc([Si](c4ccccc4)(c4ccccc4)c4ccccc4)c3)c2c1. The van der Waals surface area contributed by atoms with Crippen molar-refractivity contribution in [3.8, 4) is 73.2 Å². The van der Waals surface area contributed by atoms with Crippen LogP contribution in [0.15, 0.2) is 279 Å². The molecule has 0 spiro atoms. The van der Waals surface area contributed by atoms with Crippen molar-refractivity contribution in [1.29, 1.82) is 0 Å². The molecule has 13 aromatic rings. The number of hydrogen-bond donors (Lipinski definition) is 0. The maximum atomic E-state index is 5.30. The molecule has 0 saturated heterocycles. The third kappa shape index (κ3) is 8.24. The highest BCUT2D eigenvalue weighted by molar-refractivity contribution is 7.19. The topological polar surface area (TPSA) is 43.6 Å². The van der Waals surface area contributed by atoms with Crippen LogP contribution in [0.1, 0.15) is 11.1 Å². The molecule has 5 heteroatoms. The van der Waals surface area contributed by atoms with E-state index in [0.29, 0.717) is 17.5 Å². The Bertz CT molecular complexity index is 3970. The quantitative estimate of drug-likeness (QED) is 0.0958. The molecule has 2 aromatic heterocycles. The van der Waals surface area contributed by atoms with E-state index in [1.807, 2.05) is 36.4 Å². The van der Waals surface area contributed by atoms with Crippen LogP contribution in [-0.2, 0) is 0 Å². The van der Waals surface area contributed by atoms with Gasteiger partial charge >= 0.3 is 0 Å². The van der Waals surface area contributed by atoms with E-state index in [2.05, 4.69) is 261 Å². The van der Waals surface area contributed by atoms with Gasteiger partial charge in [0.1, 0.15) is 0 Å². The molecule has 0 atom stereocenters. The molecular weight excluding hydrogens is 937 g/mol. The highest BCUT2D eigenvalue weighted by Gasteiger charge is 2.41. The Labute approximate surface area is 445 Å². The Kier molecular flexibility index (Phi) is 12.0. The highest BCUT2D eigenvalue weighted by Crippen LogP contribution is 2.42. The number of nitrogens with zero attached hydrogens (tertiary/aromatic N) is 4. The molecule has 2 heterocycles. The maximum absolute atomic E-state index is 5.30. The molecule has 0 radical (unpaired) electrons. The zero-order valence-corrected chi connectivity index (χ0v) is 43.3. The molecule has 0 aliphatic carbocycles. The Morgan fingerprint density at radius 2 is 0.645 bits per heavy atom. The number of aromatic nitrogens is 4. The van der Waals surface area contributed by atoms with Crippen molar-refractivity contribution in [3.63, 3.8) is 0 Å². The van der Waals surface area contributed by atoms with E-state index < -0.39 is 8.07 Å². The number of benzene rings is 11. The second-order valence-electron chi connectivity index (χ2n) is 19.6. The normalized spacial score (nSPS) is 11.6. The average molecular weight is 989 g/mol. The molecule has 76 heavy (non-hydrogen) atoms. The second-order valence-corrected chi connectivity index (χ2v) is 23.4. The van der Waals surface area contributed by atoms with E-state index in [1.54, 1.807) is 0 Å². The lowest BCUT2D eigenvalue weighted by Gasteiger charge is -2.34. The van der Waals surface area contributed by atoms with Crippen LogP contribution in [-0.4, -0.2) is 27.6 Å². The third-order valence-corrected chi connectivity index (χ3v) is 19.9. The minimum atomic E-state index is -2.91. The van der Waals surface area contributed by atoms with Crippen LogP contribution in [0, 0.1) is 13.8 Å². The lowest BCUT2D eigenvalue weighted by molar-refractivity contribution is 1.07. The van der Waals surface area contributed by atoms with E-state index in [0.717, 1.165) is 55.7 Å². The molecule has 0 aliphatic heterocycles. The summed E-state index contributed by atoms with van der Waals surface area (Å²) in [7, 11) is -2.91. The van der Waals surface area contributed by atoms with E-state index in [4.69, 9.17) is 15.0 Å². The van der Waals surface area contributed by atoms with Crippen molar-refractivity contribution in [2.45, 2.75) is 13.8 Å². The summed E-state index contributed by atoms with van der Waals surface area (Å²) < 4.78 is 2.51. The summed E-state index contributed by atoms with van der Waals surface area (Å²) in [5.74, 6) is 1.84. The maximum Gasteiger partial charge on any atom is 0.179 e. The van der Waals surface area contributed by atoms with Gasteiger partial charge in [-0.1, -0.05) is 261 Å². The Hall–Kier alpha value is -9.55. The Morgan fingerprint density at radius 3 is 1.11 bits per heavy atom. The van der Waals surface area contributed by atoms with Crippen LogP contribution in [0.2, 0.25) is 0 Å². The first-order chi connectivity index (χ1) is 37.5. The smallest absolute Gasteiger partial charge is 0.179 e. The molecule has 4 nitrogen and oxygen atoms in total. The van der Waals surface area contributed by atoms with Crippen LogP contribution in [0.3, 0.4) is 0 Å². The standard InChI is InChI=1S/C71H52N4Si/c1-49-23-18-20-37-61(49)54-39-43-64-65-44-40-55(62-38-21-19-24-50(62)2)47-68(65)75(67(64)46-54)66-48-56(71-73-69(51-25-8-3-9-26-51)72-70(74-71)52-27-10-4-11-28-52)41-42-63(66)53-29-22-36-60(45-53)76(57-30-12-5-13-31-57,58-32-14-6-15-33-58)59-34-16-7-17-35-59/h3-48H,1-2H3. The van der Waals surface area contributed by atoms with Crippen LogP contribution in [0.25, 0.3) is 95.0 Å². The summed E-state index contributed by atoms with van der Waals surface area (Å²) in [6.45, 7) is 4.40. The van der Waals surface area contributed by atoms with Crippen molar-refractivity contribution in [3.05, 3.63) is 290 Å². The van der Waals surface area contributed by atoms with E-state index >= 15 is 0 Å². The summed E-state index contributed by atoms with van der Waals surface area (Å²) in [6, 6.07) is 102. The summed E-state index contributed by atoms with van der Waals surface area (Å²) in [5.41, 5.74) is 15.4. The molecule has 0 N–H and O–H groups in total. The lowest BCUT2D eigenvalue weighted by atomic mass is 9.98. The largest absolute Gasteiger partial charge is 0.309 e. The first-order valence-corrected chi connectivity index (χ1v) is 28.0. The first kappa shape index (κ1) is 46.2. The predicted molar refractivity (Wildman–Crippen MR) is 320 cm³/mol. The fraction of sp³-hybridized carbons (Fsp3) is 0.0282. The van der Waals surface area contributed by atoms with Crippen LogP contribution in [0.4, 0.5) is 0 Å². The van der Waals surface area contributed by atoms with Gasteiger partial charge in [0, 0.05) is 33.0 Å². The Morgan fingerprint density at radius 1 is 0.276 bits per heavy atom. The van der Waals surface area contributed by atoms with Gasteiger partial charge in [0.25, 0.3) is 0 Å². The number of hydrogen-bond acceptors (Lipinski definition) is 3. The predicted octanol–water partition coefficient (Wildman–Crippen LogP) is 15.0. The summed E-state index contributed by atoms with van der Waals surface area (Å²) in [6.07, 6.45) is 0. The van der Waals surface area contributed by atoms with Crippen molar-refractivity contribution in [2.24, 2.45) is 0 Å². The van der Waals surface area contributed by atoms with Gasteiger partial charge in [-0.3, -0.25) is 0 Å². The van der Waals surface area contributed by atoms with E-state index in [-0.39, 0.29) is 0 Å². The summed E-state index contributed by atoms with van der Waals surface area (Å²) in [4.78, 5) is 15.7. The third-order valence-electron chi connectivity index (χ3n) is 15.1. The molecule has 11 aromatic carbocycles. The van der Waals surface area contributed by atoms with Crippen LogP contribution in [0.5, 0.6) is 0 Å². The van der Waals surface area contributed by atoms with E-state index in [9.17, 15) is 0 Å². The molecule has 0 fully saturated rings. The molecule has 0 amide bonds. The van der Waals surface area contributed by atoms with Gasteiger partial charge in [-0.25, -0.2) is 15.0 Å². The van der Waals surface area contributed by atoms with E-state index in [1.165, 1.54) is 53.8 Å². The van der Waals surface area contributed by atoms with Crippen LogP contribution < -0.4 is 20.7 Å². The number of aryl methyl sites for hydroxylation is 2. The van der Waals surface area contributed by atoms with Gasteiger partial charge in [0.2, 0.25) is 0 Å². The monoisotopic (exact) mass is 988 g/mol. The van der Waals surface area contributed by atoms with Crippen molar-refractivity contribution < 1.29 is 0 Å². The molecule has 0 saturated carbocycles. The molecule has 0 unspecified atom stereocenters. The number of rotatable bonds is 11. The average Bonchev–Trinajstić information content (AvgIpc) is 3.88.